The molecule has 0 unspecified atom stereocenters. The quantitative estimate of drug-likeness (QED) is 0.531. The topological polar surface area (TPSA) is 45.4 Å². The van der Waals surface area contributed by atoms with E-state index in [1.165, 1.54) is 7.11 Å². The Morgan fingerprint density at radius 3 is 2.85 bits per heavy atom. The molecule has 0 N–H and O–H groups in total. The monoisotopic (exact) mass is 190 g/mol. The van der Waals surface area contributed by atoms with Gasteiger partial charge in [-0.3, -0.25) is 0 Å². The van der Waals surface area contributed by atoms with Gasteiger partial charge in [0.2, 0.25) is 0 Å². The van der Waals surface area contributed by atoms with Gasteiger partial charge < -0.3 is 4.74 Å². The van der Waals surface area contributed by atoms with E-state index >= 15 is 0 Å². The van der Waals surface area contributed by atoms with Crippen LogP contribution in [0.5, 0.6) is 5.75 Å². The number of aliphatic imine (C=N–C) groups is 1. The SMILES string of the molecule is COc1ccc(C#N)cc1N=C=S. The Morgan fingerprint density at radius 2 is 2.31 bits per heavy atom. The average Bonchev–Trinajstić information content (AvgIpc) is 2.18. The Hall–Kier alpha value is -1.69. The lowest BCUT2D eigenvalue weighted by Gasteiger charge is -2.01. The molecule has 4 heteroatoms. The van der Waals surface area contributed by atoms with Crippen LogP contribution in [0.1, 0.15) is 5.56 Å². The molecule has 0 radical (unpaired) electrons. The van der Waals surface area contributed by atoms with Crippen LogP contribution in [0.25, 0.3) is 0 Å². The van der Waals surface area contributed by atoms with Gasteiger partial charge in [0.25, 0.3) is 0 Å². The summed E-state index contributed by atoms with van der Waals surface area (Å²) in [5.74, 6) is 0.580. The lowest BCUT2D eigenvalue weighted by molar-refractivity contribution is 0.416. The molecule has 0 atom stereocenters. The maximum Gasteiger partial charge on any atom is 0.145 e. The van der Waals surface area contributed by atoms with Crippen molar-refractivity contribution in [2.75, 3.05) is 7.11 Å². The van der Waals surface area contributed by atoms with Gasteiger partial charge in [0, 0.05) is 0 Å². The van der Waals surface area contributed by atoms with Crippen LogP contribution in [0.4, 0.5) is 5.69 Å². The molecule has 0 bridgehead atoms. The zero-order chi connectivity index (χ0) is 9.68. The molecule has 0 saturated heterocycles. The van der Waals surface area contributed by atoms with E-state index in [4.69, 9.17) is 10.00 Å². The summed E-state index contributed by atoms with van der Waals surface area (Å²) >= 11 is 4.47. The van der Waals surface area contributed by atoms with Crippen molar-refractivity contribution in [3.05, 3.63) is 23.8 Å². The van der Waals surface area contributed by atoms with E-state index < -0.39 is 0 Å². The molecule has 1 aromatic carbocycles. The van der Waals surface area contributed by atoms with Crippen LogP contribution in [0.15, 0.2) is 23.2 Å². The molecule has 0 aliphatic rings. The predicted octanol–water partition coefficient (Wildman–Crippen LogP) is 2.30. The highest BCUT2D eigenvalue weighted by Gasteiger charge is 2.01. The molecule has 0 aromatic heterocycles. The number of hydrogen-bond acceptors (Lipinski definition) is 4. The minimum Gasteiger partial charge on any atom is -0.494 e. The van der Waals surface area contributed by atoms with E-state index in [9.17, 15) is 0 Å². The molecule has 0 heterocycles. The third-order valence-corrected chi connectivity index (χ3v) is 1.57. The summed E-state index contributed by atoms with van der Waals surface area (Å²) in [6.45, 7) is 0. The summed E-state index contributed by atoms with van der Waals surface area (Å²) < 4.78 is 5.01. The number of hydrogen-bond donors (Lipinski definition) is 0. The molecular weight excluding hydrogens is 184 g/mol. The molecule has 0 spiro atoms. The van der Waals surface area contributed by atoms with Crippen molar-refractivity contribution in [2.45, 2.75) is 0 Å². The van der Waals surface area contributed by atoms with Crippen LogP contribution in [0, 0.1) is 11.3 Å². The van der Waals surface area contributed by atoms with Crippen LogP contribution in [0.3, 0.4) is 0 Å². The second-order valence-corrected chi connectivity index (χ2v) is 2.38. The molecule has 1 aromatic rings. The number of rotatable bonds is 2. The fourth-order valence-corrected chi connectivity index (χ4v) is 0.994. The first-order valence-electron chi connectivity index (χ1n) is 3.48. The summed E-state index contributed by atoms with van der Waals surface area (Å²) in [7, 11) is 1.53. The number of thiocarbonyl (C=S) groups is 1. The minimum absolute atomic E-state index is 0.518. The summed E-state index contributed by atoms with van der Waals surface area (Å²) in [5.41, 5.74) is 1.04. The largest absolute Gasteiger partial charge is 0.494 e. The molecule has 3 nitrogen and oxygen atoms in total. The number of ether oxygens (including phenoxy) is 1. The van der Waals surface area contributed by atoms with Gasteiger partial charge in [0.15, 0.2) is 0 Å². The van der Waals surface area contributed by atoms with E-state index in [2.05, 4.69) is 22.4 Å². The van der Waals surface area contributed by atoms with Crippen molar-refractivity contribution in [3.8, 4) is 11.8 Å². The first-order chi connectivity index (χ1) is 6.31. The average molecular weight is 190 g/mol. The van der Waals surface area contributed by atoms with Crippen LogP contribution >= 0.6 is 12.2 Å². The lowest BCUT2D eigenvalue weighted by atomic mass is 10.2. The normalized spacial score (nSPS) is 8.31. The van der Waals surface area contributed by atoms with Gasteiger partial charge >= 0.3 is 0 Å². The number of methoxy groups -OCH3 is 1. The summed E-state index contributed by atoms with van der Waals surface area (Å²) in [6, 6.07) is 6.92. The van der Waals surface area contributed by atoms with E-state index in [-0.39, 0.29) is 0 Å². The second kappa shape index (κ2) is 4.36. The molecule has 13 heavy (non-hydrogen) atoms. The van der Waals surface area contributed by atoms with E-state index in [0.717, 1.165) is 0 Å². The van der Waals surface area contributed by atoms with Crippen LogP contribution in [0.2, 0.25) is 0 Å². The molecule has 0 aliphatic carbocycles. The maximum absolute atomic E-state index is 8.61. The highest BCUT2D eigenvalue weighted by molar-refractivity contribution is 7.78. The van der Waals surface area contributed by atoms with E-state index in [1.807, 2.05) is 6.07 Å². The fraction of sp³-hybridized carbons (Fsp3) is 0.111. The zero-order valence-electron chi connectivity index (χ0n) is 6.94. The molecule has 0 amide bonds. The maximum atomic E-state index is 8.61. The number of benzene rings is 1. The van der Waals surface area contributed by atoms with Crippen molar-refractivity contribution < 1.29 is 4.74 Å². The van der Waals surface area contributed by atoms with Crippen LogP contribution in [-0.2, 0) is 0 Å². The van der Waals surface area contributed by atoms with Crippen molar-refractivity contribution in [1.82, 2.24) is 0 Å². The molecule has 0 aliphatic heterocycles. The third kappa shape index (κ3) is 2.12. The molecule has 1 rings (SSSR count). The van der Waals surface area contributed by atoms with E-state index in [1.54, 1.807) is 18.2 Å². The van der Waals surface area contributed by atoms with Crippen molar-refractivity contribution in [3.63, 3.8) is 0 Å². The second-order valence-electron chi connectivity index (χ2n) is 2.20. The fourth-order valence-electron chi connectivity index (χ4n) is 0.896. The first-order valence-corrected chi connectivity index (χ1v) is 3.88. The highest BCUT2D eigenvalue weighted by atomic mass is 32.1. The first kappa shape index (κ1) is 9.40. The highest BCUT2D eigenvalue weighted by Crippen LogP contribution is 2.27. The van der Waals surface area contributed by atoms with Gasteiger partial charge in [-0.2, -0.15) is 10.3 Å². The number of nitriles is 1. The van der Waals surface area contributed by atoms with Gasteiger partial charge in [0.1, 0.15) is 11.4 Å². The van der Waals surface area contributed by atoms with Gasteiger partial charge in [-0.25, -0.2) is 0 Å². The number of nitrogens with zero attached hydrogens (tertiary/aromatic N) is 2. The standard InChI is InChI=1S/C9H6N2OS/c1-12-9-3-2-7(5-10)4-8(9)11-6-13/h2-4H,1H3. The van der Waals surface area contributed by atoms with Crippen molar-refractivity contribution in [1.29, 1.82) is 5.26 Å². The van der Waals surface area contributed by atoms with E-state index in [0.29, 0.717) is 17.0 Å². The Kier molecular flexibility index (Phi) is 3.15. The van der Waals surface area contributed by atoms with Crippen molar-refractivity contribution in [2.24, 2.45) is 4.99 Å². The lowest BCUT2D eigenvalue weighted by Crippen LogP contribution is -1.83. The van der Waals surface area contributed by atoms with Crippen molar-refractivity contribution >= 4 is 23.1 Å². The van der Waals surface area contributed by atoms with Crippen LogP contribution < -0.4 is 4.74 Å². The van der Waals surface area contributed by atoms with Gasteiger partial charge in [-0.05, 0) is 30.4 Å². The van der Waals surface area contributed by atoms with Gasteiger partial charge in [-0.15, -0.1) is 0 Å². The Balaban J connectivity index is 3.27. The Labute approximate surface area is 81.3 Å². The summed E-state index contributed by atoms with van der Waals surface area (Å²) in [6.07, 6.45) is 0. The number of isothiocyanates is 1. The molecule has 64 valence electrons. The van der Waals surface area contributed by atoms with Gasteiger partial charge in [-0.1, -0.05) is 0 Å². The molecule has 0 saturated carbocycles. The Bertz CT molecular complexity index is 403. The molecular formula is C9H6N2OS. The summed E-state index contributed by atoms with van der Waals surface area (Å²) in [5, 5.41) is 10.8. The third-order valence-electron chi connectivity index (χ3n) is 1.47. The molecule has 0 fully saturated rings. The Morgan fingerprint density at radius 1 is 1.54 bits per heavy atom. The smallest absolute Gasteiger partial charge is 0.145 e. The predicted molar refractivity (Wildman–Crippen MR) is 52.4 cm³/mol. The van der Waals surface area contributed by atoms with Gasteiger partial charge in [0.05, 0.1) is 23.9 Å². The van der Waals surface area contributed by atoms with Crippen LogP contribution in [-0.4, -0.2) is 12.3 Å². The summed E-state index contributed by atoms with van der Waals surface area (Å²) in [4.78, 5) is 3.77. The minimum atomic E-state index is 0.518. The zero-order valence-corrected chi connectivity index (χ0v) is 7.76.